The molecule has 0 saturated heterocycles. The van der Waals surface area contributed by atoms with Crippen molar-refractivity contribution < 1.29 is 69.7 Å². The van der Waals surface area contributed by atoms with E-state index in [1.807, 2.05) is 0 Å². The maximum atomic E-state index is 11.1. The fourth-order valence-electron chi connectivity index (χ4n) is 0.140. The van der Waals surface area contributed by atoms with Gasteiger partial charge in [0.2, 0.25) is 0 Å². The van der Waals surface area contributed by atoms with Gasteiger partial charge in [0.15, 0.2) is 0 Å². The summed E-state index contributed by atoms with van der Waals surface area (Å²) >= 11 is 0. The van der Waals surface area contributed by atoms with E-state index in [2.05, 4.69) is 0 Å². The summed E-state index contributed by atoms with van der Waals surface area (Å²) in [6.07, 6.45) is -4.99. The van der Waals surface area contributed by atoms with Gasteiger partial charge < -0.3 is 5.11 Å². The van der Waals surface area contributed by atoms with E-state index in [1.165, 1.54) is 0 Å². The molecule has 50 valence electrons. The minimum atomic E-state index is -4.91. The van der Waals surface area contributed by atoms with E-state index in [1.54, 1.807) is 0 Å². The molecule has 2 nitrogen and oxygen atoms in total. The minimum Gasteiger partial charge on any atom is -0.869 e. The predicted molar refractivity (Wildman–Crippen MR) is 19.8 cm³/mol. The Bertz CT molecular complexity index is 168. The average Bonchev–Trinajstić information content (AvgIpc) is 1.64. The molecule has 0 unspecified atom stereocenters. The van der Waals surface area contributed by atoms with Crippen LogP contribution in [0, 0.1) is 11.3 Å². The largest absolute Gasteiger partial charge is 1.00 e. The van der Waals surface area contributed by atoms with E-state index in [0.717, 1.165) is 6.07 Å². The van der Waals surface area contributed by atoms with Crippen molar-refractivity contribution >= 4 is 0 Å². The van der Waals surface area contributed by atoms with Gasteiger partial charge in [0, 0.05) is 6.08 Å². The molecule has 0 fully saturated rings. The quantitative estimate of drug-likeness (QED) is 0.229. The summed E-state index contributed by atoms with van der Waals surface area (Å²) in [5.41, 5.74) is 0. The van der Waals surface area contributed by atoms with E-state index in [-0.39, 0.29) is 57.5 Å². The Hall–Kier alpha value is 0.456. The molecule has 6 heteroatoms. The summed E-state index contributed by atoms with van der Waals surface area (Å²) in [6.45, 7) is 0. The van der Waals surface area contributed by atoms with Gasteiger partial charge in [0.1, 0.15) is 0 Å². The van der Waals surface area contributed by atoms with Crippen LogP contribution in [0.1, 0.15) is 0 Å². The SMILES string of the molecule is N#C/C=C(\[O-])C(F)(F)F.[K+]. The van der Waals surface area contributed by atoms with E-state index in [9.17, 15) is 18.3 Å². The molecule has 0 bridgehead atoms. The van der Waals surface area contributed by atoms with Crippen LogP contribution in [-0.2, 0) is 0 Å². The van der Waals surface area contributed by atoms with Gasteiger partial charge in [-0.15, -0.1) is 0 Å². The van der Waals surface area contributed by atoms with Gasteiger partial charge in [0.25, 0.3) is 0 Å². The maximum absolute atomic E-state index is 11.1. The zero-order chi connectivity index (χ0) is 7.49. The van der Waals surface area contributed by atoms with Crippen molar-refractivity contribution in [2.45, 2.75) is 6.18 Å². The Kier molecular flexibility index (Phi) is 6.74. The molecule has 0 saturated carbocycles. The molecule has 0 aliphatic rings. The van der Waals surface area contributed by atoms with Crippen molar-refractivity contribution in [1.82, 2.24) is 0 Å². The fourth-order valence-corrected chi connectivity index (χ4v) is 0.140. The van der Waals surface area contributed by atoms with Crippen molar-refractivity contribution in [2.75, 3.05) is 0 Å². The zero-order valence-electron chi connectivity index (χ0n) is 5.07. The molecular weight excluding hydrogens is 174 g/mol. The maximum Gasteiger partial charge on any atom is 1.00 e. The van der Waals surface area contributed by atoms with Crippen LogP contribution in [0.3, 0.4) is 0 Å². The second-order valence-corrected chi connectivity index (χ2v) is 1.14. The summed E-state index contributed by atoms with van der Waals surface area (Å²) in [5, 5.41) is 17.2. The molecule has 0 N–H and O–H groups in total. The number of hydrogen-bond acceptors (Lipinski definition) is 2. The third kappa shape index (κ3) is 5.26. The van der Waals surface area contributed by atoms with Gasteiger partial charge in [-0.25, -0.2) is 0 Å². The van der Waals surface area contributed by atoms with Crippen LogP contribution in [0.2, 0.25) is 0 Å². The Labute approximate surface area is 97.8 Å². The van der Waals surface area contributed by atoms with Gasteiger partial charge in [-0.1, -0.05) is 0 Å². The Morgan fingerprint density at radius 1 is 1.50 bits per heavy atom. The van der Waals surface area contributed by atoms with Gasteiger partial charge in [-0.05, 0) is 5.76 Å². The van der Waals surface area contributed by atoms with Crippen molar-refractivity contribution in [3.05, 3.63) is 11.8 Å². The summed E-state index contributed by atoms with van der Waals surface area (Å²) in [5.74, 6) is -2.12. The number of rotatable bonds is 0. The minimum absolute atomic E-state index is 0. The van der Waals surface area contributed by atoms with E-state index >= 15 is 0 Å². The van der Waals surface area contributed by atoms with Crippen LogP contribution < -0.4 is 56.5 Å². The molecule has 0 aromatic carbocycles. The summed E-state index contributed by atoms with van der Waals surface area (Å²) in [6, 6.07) is 0.979. The third-order valence-corrected chi connectivity index (χ3v) is 0.475. The first kappa shape index (κ1) is 13.1. The molecule has 0 aliphatic carbocycles. The molecule has 0 atom stereocenters. The number of halogens is 3. The van der Waals surface area contributed by atoms with Crippen LogP contribution in [-0.4, -0.2) is 6.18 Å². The molecule has 0 aromatic heterocycles. The third-order valence-electron chi connectivity index (χ3n) is 0.475. The standard InChI is InChI=1S/C4H2F3NO.K/c5-4(6,7)3(9)1-2-8;/h1,9H;/q;+1/p-1/b3-1-;. The van der Waals surface area contributed by atoms with Crippen molar-refractivity contribution in [1.29, 1.82) is 5.26 Å². The van der Waals surface area contributed by atoms with Gasteiger partial charge >= 0.3 is 57.6 Å². The van der Waals surface area contributed by atoms with Gasteiger partial charge in [-0.3, -0.25) is 0 Å². The molecule has 0 aromatic rings. The Morgan fingerprint density at radius 3 is 2.00 bits per heavy atom. The van der Waals surface area contributed by atoms with Crippen LogP contribution in [0.5, 0.6) is 0 Å². The van der Waals surface area contributed by atoms with Crippen LogP contribution in [0.4, 0.5) is 13.2 Å². The number of nitriles is 1. The second-order valence-electron chi connectivity index (χ2n) is 1.14. The fraction of sp³-hybridized carbons (Fsp3) is 0.250. The molecule has 0 heterocycles. The van der Waals surface area contributed by atoms with Crippen molar-refractivity contribution in [3.63, 3.8) is 0 Å². The number of nitrogens with zero attached hydrogens (tertiary/aromatic N) is 1. The van der Waals surface area contributed by atoms with Crippen molar-refractivity contribution in [2.24, 2.45) is 0 Å². The smallest absolute Gasteiger partial charge is 0.869 e. The monoisotopic (exact) mass is 175 g/mol. The summed E-state index contributed by atoms with van der Waals surface area (Å²) in [4.78, 5) is 0. The first-order valence-corrected chi connectivity index (χ1v) is 1.82. The molecule has 0 aliphatic heterocycles. The topological polar surface area (TPSA) is 46.8 Å². The molecular formula is C4HF3KNO. The first-order chi connectivity index (χ1) is 3.98. The number of allylic oxidation sites excluding steroid dienone is 2. The zero-order valence-corrected chi connectivity index (χ0v) is 8.19. The van der Waals surface area contributed by atoms with Gasteiger partial charge in [-0.2, -0.15) is 18.4 Å². The first-order valence-electron chi connectivity index (χ1n) is 1.82. The predicted octanol–water partition coefficient (Wildman–Crippen LogP) is -2.68. The second kappa shape index (κ2) is 5.15. The van der Waals surface area contributed by atoms with Gasteiger partial charge in [0.05, 0.1) is 6.07 Å². The van der Waals surface area contributed by atoms with E-state index < -0.39 is 11.9 Å². The van der Waals surface area contributed by atoms with Crippen LogP contribution >= 0.6 is 0 Å². The number of alkyl halides is 3. The van der Waals surface area contributed by atoms with E-state index in [0.29, 0.717) is 0 Å². The van der Waals surface area contributed by atoms with E-state index in [4.69, 9.17) is 5.26 Å². The number of hydrogen-bond donors (Lipinski definition) is 0. The summed E-state index contributed by atoms with van der Waals surface area (Å²) < 4.78 is 33.3. The molecule has 0 rings (SSSR count). The van der Waals surface area contributed by atoms with Crippen LogP contribution in [0.25, 0.3) is 0 Å². The van der Waals surface area contributed by atoms with Crippen LogP contribution in [0.15, 0.2) is 11.8 Å². The Morgan fingerprint density at radius 2 is 1.90 bits per heavy atom. The normalized spacial score (nSPS) is 11.6. The molecule has 0 radical (unpaired) electrons. The molecule has 0 spiro atoms. The molecule has 0 amide bonds. The average molecular weight is 175 g/mol. The van der Waals surface area contributed by atoms with Crippen molar-refractivity contribution in [3.8, 4) is 6.07 Å². The molecule has 10 heavy (non-hydrogen) atoms. The summed E-state index contributed by atoms with van der Waals surface area (Å²) in [7, 11) is 0. The Balaban J connectivity index is 0.